The van der Waals surface area contributed by atoms with E-state index in [4.69, 9.17) is 0 Å². The van der Waals surface area contributed by atoms with E-state index in [2.05, 4.69) is 4.90 Å². The zero-order valence-electron chi connectivity index (χ0n) is 11.4. The first-order valence-corrected chi connectivity index (χ1v) is 7.28. The predicted molar refractivity (Wildman–Crippen MR) is 75.5 cm³/mol. The third kappa shape index (κ3) is 2.55. The number of nitrogens with zero attached hydrogens (tertiary/aromatic N) is 2. The van der Waals surface area contributed by atoms with Crippen LogP contribution >= 0.6 is 0 Å². The molecule has 1 saturated carbocycles. The average Bonchev–Trinajstić information content (AvgIpc) is 2.99. The molecular formula is C15H20N2O3. The molecule has 1 aliphatic heterocycles. The Morgan fingerprint density at radius 3 is 2.85 bits per heavy atom. The maximum Gasteiger partial charge on any atom is 0.272 e. The number of benzene rings is 1. The third-order valence-corrected chi connectivity index (χ3v) is 4.78. The Kier molecular flexibility index (Phi) is 3.72. The largest absolute Gasteiger partial charge is 0.393 e. The van der Waals surface area contributed by atoms with Crippen molar-refractivity contribution in [2.24, 2.45) is 11.8 Å². The van der Waals surface area contributed by atoms with Crippen molar-refractivity contribution in [3.63, 3.8) is 0 Å². The molecule has 0 radical (unpaired) electrons. The molecule has 0 spiro atoms. The molecule has 1 heterocycles. The van der Waals surface area contributed by atoms with E-state index in [9.17, 15) is 15.2 Å². The number of nitro groups is 1. The highest BCUT2D eigenvalue weighted by atomic mass is 16.6. The Hall–Kier alpha value is -1.46. The van der Waals surface area contributed by atoms with Crippen LogP contribution < -0.4 is 0 Å². The van der Waals surface area contributed by atoms with Crippen molar-refractivity contribution >= 4 is 5.69 Å². The molecule has 1 aromatic carbocycles. The molecular weight excluding hydrogens is 256 g/mol. The van der Waals surface area contributed by atoms with Crippen molar-refractivity contribution in [1.82, 2.24) is 4.90 Å². The molecule has 2 aliphatic rings. The number of rotatable bonds is 4. The lowest BCUT2D eigenvalue weighted by Crippen LogP contribution is -2.26. The number of hydrogen-bond donors (Lipinski definition) is 1. The monoisotopic (exact) mass is 276 g/mol. The first-order valence-electron chi connectivity index (χ1n) is 7.28. The maximum atomic E-state index is 11.0. The highest BCUT2D eigenvalue weighted by Crippen LogP contribution is 2.38. The molecule has 3 rings (SSSR count). The second-order valence-corrected chi connectivity index (χ2v) is 5.96. The van der Waals surface area contributed by atoms with Gasteiger partial charge in [-0.3, -0.25) is 10.1 Å². The molecule has 1 aromatic rings. The molecule has 0 bridgehead atoms. The zero-order chi connectivity index (χ0) is 14.1. The van der Waals surface area contributed by atoms with Gasteiger partial charge in [-0.05, 0) is 25.2 Å². The summed E-state index contributed by atoms with van der Waals surface area (Å²) in [5.74, 6) is 1.04. The lowest BCUT2D eigenvalue weighted by molar-refractivity contribution is -0.385. The van der Waals surface area contributed by atoms with E-state index in [0.29, 0.717) is 18.3 Å². The number of aliphatic hydroxyl groups excluding tert-OH is 1. The highest BCUT2D eigenvalue weighted by molar-refractivity contribution is 5.39. The van der Waals surface area contributed by atoms with Crippen LogP contribution in [-0.4, -0.2) is 40.7 Å². The van der Waals surface area contributed by atoms with Gasteiger partial charge in [-0.1, -0.05) is 18.2 Å². The van der Waals surface area contributed by atoms with Crippen molar-refractivity contribution in [1.29, 1.82) is 0 Å². The minimum absolute atomic E-state index is 0.143. The molecule has 1 N–H and O–H groups in total. The molecule has 3 unspecified atom stereocenters. The number of likely N-dealkylation sites (tertiary alicyclic amines) is 1. The summed E-state index contributed by atoms with van der Waals surface area (Å²) in [6, 6.07) is 6.96. The standard InChI is InChI=1S/C15H20N2O3/c18-15-6-5-12-9-16(10-13(12)15)8-7-11-3-1-2-4-14(11)17(19)20/h1-4,12-13,15,18H,5-10H2. The lowest BCUT2D eigenvalue weighted by Gasteiger charge is -2.17. The van der Waals surface area contributed by atoms with E-state index in [1.165, 1.54) is 0 Å². The van der Waals surface area contributed by atoms with Gasteiger partial charge in [0.25, 0.3) is 5.69 Å². The summed E-state index contributed by atoms with van der Waals surface area (Å²) in [6.07, 6.45) is 2.62. The first-order chi connectivity index (χ1) is 9.65. The minimum atomic E-state index is -0.308. The van der Waals surface area contributed by atoms with Gasteiger partial charge in [0.2, 0.25) is 0 Å². The normalized spacial score (nSPS) is 29.6. The third-order valence-electron chi connectivity index (χ3n) is 4.78. The average molecular weight is 276 g/mol. The van der Waals surface area contributed by atoms with Gasteiger partial charge in [-0.25, -0.2) is 0 Å². The predicted octanol–water partition coefficient (Wildman–Crippen LogP) is 1.84. The van der Waals surface area contributed by atoms with Gasteiger partial charge in [-0.2, -0.15) is 0 Å². The minimum Gasteiger partial charge on any atom is -0.393 e. The summed E-state index contributed by atoms with van der Waals surface area (Å²) in [4.78, 5) is 13.0. The van der Waals surface area contributed by atoms with Crippen molar-refractivity contribution in [2.75, 3.05) is 19.6 Å². The Morgan fingerprint density at radius 2 is 2.10 bits per heavy atom. The summed E-state index contributed by atoms with van der Waals surface area (Å²) < 4.78 is 0. The molecule has 5 heteroatoms. The van der Waals surface area contributed by atoms with E-state index < -0.39 is 0 Å². The van der Waals surface area contributed by atoms with Crippen molar-refractivity contribution < 1.29 is 10.0 Å². The molecule has 0 aromatic heterocycles. The van der Waals surface area contributed by atoms with Gasteiger partial charge in [0.1, 0.15) is 0 Å². The maximum absolute atomic E-state index is 11.0. The van der Waals surface area contributed by atoms with Crippen molar-refractivity contribution in [2.45, 2.75) is 25.4 Å². The first kappa shape index (κ1) is 13.5. The van der Waals surface area contributed by atoms with E-state index >= 15 is 0 Å². The Bertz CT molecular complexity index is 506. The fraction of sp³-hybridized carbons (Fsp3) is 0.600. The van der Waals surface area contributed by atoms with Gasteiger partial charge >= 0.3 is 0 Å². The van der Waals surface area contributed by atoms with Crippen LogP contribution in [0.1, 0.15) is 18.4 Å². The van der Waals surface area contributed by atoms with Crippen LogP contribution in [0.25, 0.3) is 0 Å². The number of para-hydroxylation sites is 1. The number of hydrogen-bond acceptors (Lipinski definition) is 4. The topological polar surface area (TPSA) is 66.6 Å². The van der Waals surface area contributed by atoms with E-state index in [0.717, 1.165) is 38.0 Å². The Balaban J connectivity index is 1.60. The molecule has 1 aliphatic carbocycles. The Morgan fingerprint density at radius 1 is 1.30 bits per heavy atom. The van der Waals surface area contributed by atoms with Gasteiger partial charge in [0.05, 0.1) is 11.0 Å². The molecule has 1 saturated heterocycles. The molecule has 3 atom stereocenters. The summed E-state index contributed by atoms with van der Waals surface area (Å²) in [6.45, 7) is 2.80. The van der Waals surface area contributed by atoms with Crippen molar-refractivity contribution in [3.05, 3.63) is 39.9 Å². The van der Waals surface area contributed by atoms with Gasteiger partial charge < -0.3 is 10.0 Å². The fourth-order valence-corrected chi connectivity index (χ4v) is 3.69. The van der Waals surface area contributed by atoms with Crippen LogP contribution in [0, 0.1) is 22.0 Å². The fourth-order valence-electron chi connectivity index (χ4n) is 3.69. The van der Waals surface area contributed by atoms with E-state index in [1.54, 1.807) is 12.1 Å². The van der Waals surface area contributed by atoms with Crippen LogP contribution in [-0.2, 0) is 6.42 Å². The molecule has 5 nitrogen and oxygen atoms in total. The van der Waals surface area contributed by atoms with Crippen LogP contribution in [0.2, 0.25) is 0 Å². The highest BCUT2D eigenvalue weighted by Gasteiger charge is 2.41. The number of aliphatic hydroxyl groups is 1. The second-order valence-electron chi connectivity index (χ2n) is 5.96. The molecule has 0 amide bonds. The second kappa shape index (κ2) is 5.50. The van der Waals surface area contributed by atoms with E-state index in [-0.39, 0.29) is 16.7 Å². The Labute approximate surface area is 118 Å². The summed E-state index contributed by atoms with van der Waals surface area (Å²) in [5, 5.41) is 20.9. The van der Waals surface area contributed by atoms with Crippen LogP contribution in [0.5, 0.6) is 0 Å². The van der Waals surface area contributed by atoms with Crippen LogP contribution in [0.4, 0.5) is 5.69 Å². The number of fused-ring (bicyclic) bond motifs is 1. The summed E-state index contributed by atoms with van der Waals surface area (Å²) in [7, 11) is 0. The molecule has 108 valence electrons. The summed E-state index contributed by atoms with van der Waals surface area (Å²) in [5.41, 5.74) is 1.02. The van der Waals surface area contributed by atoms with Crippen LogP contribution in [0.3, 0.4) is 0 Å². The number of nitro benzene ring substituents is 1. The zero-order valence-corrected chi connectivity index (χ0v) is 11.4. The van der Waals surface area contributed by atoms with Crippen LogP contribution in [0.15, 0.2) is 24.3 Å². The van der Waals surface area contributed by atoms with Gasteiger partial charge in [-0.15, -0.1) is 0 Å². The van der Waals surface area contributed by atoms with Gasteiger partial charge in [0.15, 0.2) is 0 Å². The van der Waals surface area contributed by atoms with Gasteiger partial charge in [0, 0.05) is 37.2 Å². The van der Waals surface area contributed by atoms with Crippen molar-refractivity contribution in [3.8, 4) is 0 Å². The lowest BCUT2D eigenvalue weighted by atomic mass is 10.00. The SMILES string of the molecule is O=[N+]([O-])c1ccccc1CCN1CC2CCC(O)C2C1. The summed E-state index contributed by atoms with van der Waals surface area (Å²) >= 11 is 0. The molecule has 20 heavy (non-hydrogen) atoms. The smallest absolute Gasteiger partial charge is 0.272 e. The quantitative estimate of drug-likeness (QED) is 0.673. The van der Waals surface area contributed by atoms with E-state index in [1.807, 2.05) is 12.1 Å². The molecule has 2 fully saturated rings.